The number of hydrogen-bond donors (Lipinski definition) is 0. The zero-order chi connectivity index (χ0) is 9.52. The molecule has 1 aliphatic heterocycles. The van der Waals surface area contributed by atoms with Gasteiger partial charge in [-0.25, -0.2) is 0 Å². The normalized spacial score (nSPS) is 23.6. The first kappa shape index (κ1) is 10.7. The minimum atomic E-state index is -0.854. The highest BCUT2D eigenvalue weighted by Crippen LogP contribution is 2.11. The monoisotopic (exact) mass is 204 g/mol. The number of carbonyl (C=O) groups excluding carboxylic acids is 1. The number of rotatable bonds is 4. The van der Waals surface area contributed by atoms with Gasteiger partial charge in [-0.2, -0.15) is 0 Å². The third kappa shape index (κ3) is 4.40. The molecule has 0 radical (unpaired) electrons. The average Bonchev–Trinajstić information content (AvgIpc) is 2.17. The van der Waals surface area contributed by atoms with Crippen LogP contribution in [0.3, 0.4) is 0 Å². The van der Waals surface area contributed by atoms with Crippen LogP contribution in [0.15, 0.2) is 0 Å². The molecule has 0 amide bonds. The van der Waals surface area contributed by atoms with Crippen LogP contribution in [0, 0.1) is 0 Å². The molecule has 0 spiro atoms. The largest absolute Gasteiger partial charge is 0.521 e. The average molecular weight is 204 g/mol. The van der Waals surface area contributed by atoms with Crippen LogP contribution in [0.1, 0.15) is 19.3 Å². The summed E-state index contributed by atoms with van der Waals surface area (Å²) in [5.41, 5.74) is 0.231. The lowest BCUT2D eigenvalue weighted by atomic mass is 10.2. The van der Waals surface area contributed by atoms with Crippen molar-refractivity contribution < 1.29 is 18.7 Å². The molecule has 0 saturated carbocycles. The fourth-order valence-electron chi connectivity index (χ4n) is 1.28. The SMILES string of the molecule is COCC(=O)O[SiH2]C1CCCCO1. The molecule has 0 N–H and O–H groups in total. The Labute approximate surface area is 80.5 Å². The summed E-state index contributed by atoms with van der Waals surface area (Å²) in [5, 5.41) is 0. The molecule has 76 valence electrons. The Hall–Kier alpha value is -0.393. The zero-order valence-corrected chi connectivity index (χ0v) is 9.37. The molecule has 1 rings (SSSR count). The maximum atomic E-state index is 10.9. The van der Waals surface area contributed by atoms with Gasteiger partial charge in [0.25, 0.3) is 9.76 Å². The zero-order valence-electron chi connectivity index (χ0n) is 7.95. The molecule has 0 aromatic heterocycles. The van der Waals surface area contributed by atoms with Crippen LogP contribution in [-0.4, -0.2) is 41.8 Å². The lowest BCUT2D eigenvalue weighted by molar-refractivity contribution is -0.139. The predicted molar refractivity (Wildman–Crippen MR) is 50.1 cm³/mol. The van der Waals surface area contributed by atoms with Crippen molar-refractivity contribution >= 4 is 15.7 Å². The van der Waals surface area contributed by atoms with Gasteiger partial charge in [-0.3, -0.25) is 4.79 Å². The molecular weight excluding hydrogens is 188 g/mol. The molecule has 4 nitrogen and oxygen atoms in total. The summed E-state index contributed by atoms with van der Waals surface area (Å²) < 4.78 is 15.2. The van der Waals surface area contributed by atoms with Crippen molar-refractivity contribution in [2.75, 3.05) is 20.3 Å². The van der Waals surface area contributed by atoms with E-state index in [2.05, 4.69) is 4.74 Å². The fourth-order valence-corrected chi connectivity index (χ4v) is 2.46. The van der Waals surface area contributed by atoms with Crippen LogP contribution in [0.4, 0.5) is 0 Å². The van der Waals surface area contributed by atoms with Crippen molar-refractivity contribution in [3.8, 4) is 0 Å². The number of hydrogen-bond acceptors (Lipinski definition) is 4. The number of carbonyl (C=O) groups is 1. The summed E-state index contributed by atoms with van der Waals surface area (Å²) in [4.78, 5) is 10.9. The maximum Gasteiger partial charge on any atom is 0.318 e. The highest BCUT2D eigenvalue weighted by Gasteiger charge is 2.16. The van der Waals surface area contributed by atoms with E-state index in [1.54, 1.807) is 0 Å². The second-order valence-electron chi connectivity index (χ2n) is 3.10. The van der Waals surface area contributed by atoms with E-state index in [4.69, 9.17) is 9.16 Å². The van der Waals surface area contributed by atoms with Crippen LogP contribution in [-0.2, 0) is 18.7 Å². The quantitative estimate of drug-likeness (QED) is 0.594. The molecule has 0 aromatic rings. The second kappa shape index (κ2) is 6.12. The first-order chi connectivity index (χ1) is 6.33. The van der Waals surface area contributed by atoms with Gasteiger partial charge in [-0.1, -0.05) is 0 Å². The minimum absolute atomic E-state index is 0.0553. The van der Waals surface area contributed by atoms with Gasteiger partial charge in [0.15, 0.2) is 0 Å². The molecule has 1 atom stereocenters. The van der Waals surface area contributed by atoms with E-state index in [0.29, 0.717) is 0 Å². The Morgan fingerprint density at radius 3 is 3.08 bits per heavy atom. The smallest absolute Gasteiger partial charge is 0.318 e. The van der Waals surface area contributed by atoms with Crippen LogP contribution < -0.4 is 0 Å². The van der Waals surface area contributed by atoms with Gasteiger partial charge in [0.05, 0.1) is 5.73 Å². The molecule has 1 fully saturated rings. The summed E-state index contributed by atoms with van der Waals surface area (Å²) >= 11 is 0. The fraction of sp³-hybridized carbons (Fsp3) is 0.875. The Morgan fingerprint density at radius 2 is 2.46 bits per heavy atom. The van der Waals surface area contributed by atoms with Gasteiger partial charge in [0.1, 0.15) is 6.61 Å². The van der Waals surface area contributed by atoms with Crippen LogP contribution in [0.25, 0.3) is 0 Å². The molecule has 1 aliphatic rings. The molecule has 5 heteroatoms. The molecule has 1 heterocycles. The second-order valence-corrected chi connectivity index (χ2v) is 4.64. The van der Waals surface area contributed by atoms with E-state index in [0.717, 1.165) is 19.4 Å². The van der Waals surface area contributed by atoms with E-state index < -0.39 is 9.76 Å². The standard InChI is InChI=1S/C8H16O4Si/c1-10-6-7(9)12-13-8-4-2-3-5-11-8/h8H,2-6,13H2,1H3. The minimum Gasteiger partial charge on any atom is -0.521 e. The summed E-state index contributed by atoms with van der Waals surface area (Å²) in [6, 6.07) is 0. The molecule has 1 saturated heterocycles. The first-order valence-corrected chi connectivity index (χ1v) is 5.98. The molecule has 1 unspecified atom stereocenters. The van der Waals surface area contributed by atoms with Gasteiger partial charge in [-0.05, 0) is 19.3 Å². The van der Waals surface area contributed by atoms with E-state index in [9.17, 15) is 4.79 Å². The predicted octanol–water partition coefficient (Wildman–Crippen LogP) is -0.214. The number of ether oxygens (including phenoxy) is 2. The molecule has 0 aromatic carbocycles. The van der Waals surface area contributed by atoms with Gasteiger partial charge in [-0.15, -0.1) is 0 Å². The Kier molecular flexibility index (Phi) is 5.03. The molecule has 0 aliphatic carbocycles. The van der Waals surface area contributed by atoms with Crippen molar-refractivity contribution in [3.63, 3.8) is 0 Å². The molecule has 13 heavy (non-hydrogen) atoms. The summed E-state index contributed by atoms with van der Waals surface area (Å²) in [6.07, 6.45) is 3.38. The molecular formula is C8H16O4Si. The van der Waals surface area contributed by atoms with Crippen LogP contribution >= 0.6 is 0 Å². The van der Waals surface area contributed by atoms with Gasteiger partial charge in [0, 0.05) is 13.7 Å². The first-order valence-electron chi connectivity index (χ1n) is 4.59. The van der Waals surface area contributed by atoms with Crippen LogP contribution in [0.5, 0.6) is 0 Å². The highest BCUT2D eigenvalue weighted by atomic mass is 28.2. The van der Waals surface area contributed by atoms with Crippen molar-refractivity contribution in [1.82, 2.24) is 0 Å². The van der Waals surface area contributed by atoms with E-state index in [1.807, 2.05) is 0 Å². The summed E-state index contributed by atoms with van der Waals surface area (Å²) in [6.45, 7) is 0.874. The van der Waals surface area contributed by atoms with Gasteiger partial charge < -0.3 is 13.9 Å². The third-order valence-corrected chi connectivity index (χ3v) is 3.47. The Morgan fingerprint density at radius 1 is 1.62 bits per heavy atom. The lowest BCUT2D eigenvalue weighted by Crippen LogP contribution is -2.29. The summed E-state index contributed by atoms with van der Waals surface area (Å²) in [5.74, 6) is -0.261. The van der Waals surface area contributed by atoms with Gasteiger partial charge >= 0.3 is 5.97 Å². The van der Waals surface area contributed by atoms with E-state index >= 15 is 0 Å². The van der Waals surface area contributed by atoms with Gasteiger partial charge in [0.2, 0.25) is 0 Å². The van der Waals surface area contributed by atoms with E-state index in [1.165, 1.54) is 13.5 Å². The van der Waals surface area contributed by atoms with Crippen molar-refractivity contribution in [1.29, 1.82) is 0 Å². The highest BCUT2D eigenvalue weighted by molar-refractivity contribution is 6.32. The Balaban J connectivity index is 2.06. The maximum absolute atomic E-state index is 10.9. The topological polar surface area (TPSA) is 44.8 Å². The van der Waals surface area contributed by atoms with Crippen molar-refractivity contribution in [2.45, 2.75) is 25.0 Å². The number of methoxy groups -OCH3 is 1. The lowest BCUT2D eigenvalue weighted by Gasteiger charge is -2.21. The molecule has 0 bridgehead atoms. The van der Waals surface area contributed by atoms with E-state index in [-0.39, 0.29) is 18.3 Å². The third-order valence-electron chi connectivity index (χ3n) is 1.97. The van der Waals surface area contributed by atoms with Crippen molar-refractivity contribution in [2.24, 2.45) is 0 Å². The van der Waals surface area contributed by atoms with Crippen molar-refractivity contribution in [3.05, 3.63) is 0 Å². The van der Waals surface area contributed by atoms with Crippen LogP contribution in [0.2, 0.25) is 0 Å². The Bertz CT molecular complexity index is 156. The summed E-state index contributed by atoms with van der Waals surface area (Å²) in [7, 11) is 0.632.